The fourth-order valence-corrected chi connectivity index (χ4v) is 5.10. The predicted molar refractivity (Wildman–Crippen MR) is 103 cm³/mol. The van der Waals surface area contributed by atoms with E-state index in [1.165, 1.54) is 10.7 Å². The molecule has 3 fully saturated rings. The zero-order chi connectivity index (χ0) is 19.3. The van der Waals surface area contributed by atoms with Crippen LogP contribution in [0.5, 0.6) is 0 Å². The Morgan fingerprint density at radius 1 is 1.11 bits per heavy atom. The van der Waals surface area contributed by atoms with Gasteiger partial charge in [-0.05, 0) is 62.3 Å². The monoisotopic (exact) mass is 383 g/mol. The van der Waals surface area contributed by atoms with E-state index in [0.29, 0.717) is 25.3 Å². The lowest BCUT2D eigenvalue weighted by molar-refractivity contribution is -0.0678. The summed E-state index contributed by atoms with van der Waals surface area (Å²) in [5, 5.41) is 15.8. The molecule has 2 saturated heterocycles. The maximum absolute atomic E-state index is 13.5. The van der Waals surface area contributed by atoms with E-state index in [1.807, 2.05) is 12.1 Å². The Labute approximate surface area is 163 Å². The van der Waals surface area contributed by atoms with Crippen LogP contribution in [0.4, 0.5) is 4.39 Å². The normalized spacial score (nSPS) is 29.9. The molecular weight excluding hydrogens is 357 g/mol. The Hall–Kier alpha value is -2.05. The lowest BCUT2D eigenvalue weighted by Crippen LogP contribution is -2.53. The van der Waals surface area contributed by atoms with E-state index in [-0.39, 0.29) is 30.0 Å². The number of rotatable bonds is 5. The highest BCUT2D eigenvalue weighted by Gasteiger charge is 2.47. The average Bonchev–Trinajstić information content (AvgIpc) is 3.45. The summed E-state index contributed by atoms with van der Waals surface area (Å²) >= 11 is 0. The van der Waals surface area contributed by atoms with Crippen molar-refractivity contribution in [2.45, 2.75) is 75.2 Å². The molecule has 1 saturated carbocycles. The Morgan fingerprint density at radius 2 is 1.86 bits per heavy atom. The summed E-state index contributed by atoms with van der Waals surface area (Å²) in [7, 11) is 0. The van der Waals surface area contributed by atoms with E-state index in [1.54, 1.807) is 18.2 Å². The number of aliphatic hydroxyl groups is 1. The van der Waals surface area contributed by atoms with Crippen molar-refractivity contribution < 1.29 is 9.50 Å². The van der Waals surface area contributed by atoms with Gasteiger partial charge in [0.1, 0.15) is 5.82 Å². The first-order chi connectivity index (χ1) is 13.5. The van der Waals surface area contributed by atoms with Crippen LogP contribution in [0.2, 0.25) is 0 Å². The molecule has 0 amide bonds. The minimum atomic E-state index is -0.913. The third-order valence-electron chi connectivity index (χ3n) is 6.58. The third-order valence-corrected chi connectivity index (χ3v) is 6.58. The zero-order valence-electron chi connectivity index (χ0n) is 15.9. The largest absolute Gasteiger partial charge is 0.388 e. The quantitative estimate of drug-likeness (QED) is 0.863. The van der Waals surface area contributed by atoms with Crippen molar-refractivity contribution in [3.8, 4) is 0 Å². The molecule has 148 valence electrons. The molecule has 2 aliphatic heterocycles. The molecule has 5 rings (SSSR count). The van der Waals surface area contributed by atoms with Crippen molar-refractivity contribution in [1.82, 2.24) is 14.7 Å². The van der Waals surface area contributed by atoms with Crippen LogP contribution in [0.25, 0.3) is 0 Å². The van der Waals surface area contributed by atoms with E-state index >= 15 is 0 Å². The van der Waals surface area contributed by atoms with Crippen LogP contribution in [0.1, 0.15) is 55.7 Å². The summed E-state index contributed by atoms with van der Waals surface area (Å²) in [6, 6.07) is 10.7. The molecule has 2 atom stereocenters. The maximum Gasteiger partial charge on any atom is 0.266 e. The summed E-state index contributed by atoms with van der Waals surface area (Å²) in [4.78, 5) is 14.7. The molecule has 2 aromatic rings. The molecule has 0 unspecified atom stereocenters. The van der Waals surface area contributed by atoms with Crippen molar-refractivity contribution in [3.05, 3.63) is 63.8 Å². The molecule has 5 nitrogen and oxygen atoms in total. The van der Waals surface area contributed by atoms with Crippen LogP contribution in [0, 0.1) is 5.82 Å². The van der Waals surface area contributed by atoms with Gasteiger partial charge in [-0.1, -0.05) is 12.1 Å². The first kappa shape index (κ1) is 18.0. The summed E-state index contributed by atoms with van der Waals surface area (Å²) < 4.78 is 15.0. The van der Waals surface area contributed by atoms with Gasteiger partial charge in [0.2, 0.25) is 0 Å². The minimum absolute atomic E-state index is 0.146. The van der Waals surface area contributed by atoms with E-state index in [2.05, 4.69) is 10.00 Å². The molecular formula is C22H26FN3O2. The van der Waals surface area contributed by atoms with Gasteiger partial charge in [0, 0.05) is 30.6 Å². The molecule has 3 aliphatic rings. The second-order valence-electron chi connectivity index (χ2n) is 8.85. The second-order valence-corrected chi connectivity index (χ2v) is 8.85. The van der Waals surface area contributed by atoms with E-state index in [4.69, 9.17) is 0 Å². The molecule has 0 radical (unpaired) electrons. The first-order valence-corrected chi connectivity index (χ1v) is 10.3. The van der Waals surface area contributed by atoms with E-state index < -0.39 is 5.60 Å². The number of hydrogen-bond acceptors (Lipinski definition) is 4. The van der Waals surface area contributed by atoms with Crippen LogP contribution < -0.4 is 5.56 Å². The molecule has 1 aliphatic carbocycles. The number of benzene rings is 1. The van der Waals surface area contributed by atoms with Crippen LogP contribution >= 0.6 is 0 Å². The highest BCUT2D eigenvalue weighted by molar-refractivity contribution is 5.18. The number of fused-ring (bicyclic) bond motifs is 2. The van der Waals surface area contributed by atoms with Crippen LogP contribution in [0.3, 0.4) is 0 Å². The van der Waals surface area contributed by atoms with Crippen molar-refractivity contribution in [3.63, 3.8) is 0 Å². The number of halogens is 1. The Balaban J connectivity index is 1.32. The van der Waals surface area contributed by atoms with Gasteiger partial charge in [-0.15, -0.1) is 0 Å². The fourth-order valence-electron chi connectivity index (χ4n) is 5.10. The maximum atomic E-state index is 13.5. The highest BCUT2D eigenvalue weighted by atomic mass is 19.1. The van der Waals surface area contributed by atoms with Crippen LogP contribution in [-0.4, -0.2) is 37.5 Å². The van der Waals surface area contributed by atoms with Crippen molar-refractivity contribution in [1.29, 1.82) is 0 Å². The third kappa shape index (κ3) is 3.51. The van der Waals surface area contributed by atoms with Gasteiger partial charge in [-0.25, -0.2) is 9.07 Å². The van der Waals surface area contributed by atoms with Gasteiger partial charge in [0.05, 0.1) is 17.8 Å². The Kier molecular flexibility index (Phi) is 4.36. The van der Waals surface area contributed by atoms with Gasteiger partial charge < -0.3 is 5.11 Å². The van der Waals surface area contributed by atoms with Gasteiger partial charge >= 0.3 is 0 Å². The molecule has 1 N–H and O–H groups in total. The predicted octanol–water partition coefficient (Wildman–Crippen LogP) is 2.82. The van der Waals surface area contributed by atoms with Gasteiger partial charge in [0.25, 0.3) is 5.56 Å². The van der Waals surface area contributed by atoms with Gasteiger partial charge in [-0.3, -0.25) is 9.69 Å². The number of nitrogens with zero attached hydrogens (tertiary/aromatic N) is 3. The standard InChI is InChI=1S/C22H26FN3O2/c23-17-3-1-2-15(10-17)13-25-18-6-7-19(25)12-22(28,11-18)14-26-21(27)9-8-20(24-26)16-4-5-16/h1-3,8-10,16,18-19,28H,4-7,11-14H2/t18-,19-/m1/s1. The fraction of sp³-hybridized carbons (Fsp3) is 0.545. The SMILES string of the molecule is O=c1ccc(C2CC2)nn1CC1(O)C[C@H]2CC[C@H](C1)N2Cc1cccc(F)c1. The lowest BCUT2D eigenvalue weighted by Gasteiger charge is -2.43. The average molecular weight is 383 g/mol. The molecule has 1 aromatic heterocycles. The van der Waals surface area contributed by atoms with E-state index in [9.17, 15) is 14.3 Å². The lowest BCUT2D eigenvalue weighted by atomic mass is 9.85. The summed E-state index contributed by atoms with van der Waals surface area (Å²) in [5.41, 5.74) is 0.878. The van der Waals surface area contributed by atoms with Crippen molar-refractivity contribution >= 4 is 0 Å². The number of piperidine rings is 1. The van der Waals surface area contributed by atoms with Crippen LogP contribution in [-0.2, 0) is 13.1 Å². The molecule has 0 spiro atoms. The minimum Gasteiger partial charge on any atom is -0.388 e. The Bertz CT molecular complexity index is 925. The molecule has 6 heteroatoms. The smallest absolute Gasteiger partial charge is 0.266 e. The Morgan fingerprint density at radius 3 is 2.54 bits per heavy atom. The van der Waals surface area contributed by atoms with E-state index in [0.717, 1.165) is 36.9 Å². The summed E-state index contributed by atoms with van der Waals surface area (Å²) in [5.74, 6) is 0.269. The molecule has 1 aromatic carbocycles. The molecule has 28 heavy (non-hydrogen) atoms. The number of hydrogen-bond donors (Lipinski definition) is 1. The summed E-state index contributed by atoms with van der Waals surface area (Å²) in [6.45, 7) is 0.964. The molecule has 3 heterocycles. The highest BCUT2D eigenvalue weighted by Crippen LogP contribution is 2.42. The van der Waals surface area contributed by atoms with Crippen molar-refractivity contribution in [2.24, 2.45) is 0 Å². The molecule has 2 bridgehead atoms. The summed E-state index contributed by atoms with van der Waals surface area (Å²) in [6.07, 6.45) is 5.59. The number of aromatic nitrogens is 2. The zero-order valence-corrected chi connectivity index (χ0v) is 15.9. The second kappa shape index (κ2) is 6.78. The van der Waals surface area contributed by atoms with Crippen molar-refractivity contribution in [2.75, 3.05) is 0 Å². The first-order valence-electron chi connectivity index (χ1n) is 10.3. The topological polar surface area (TPSA) is 58.4 Å². The van der Waals surface area contributed by atoms with Gasteiger partial charge in [-0.2, -0.15) is 5.10 Å². The van der Waals surface area contributed by atoms with Crippen LogP contribution in [0.15, 0.2) is 41.2 Å². The van der Waals surface area contributed by atoms with Gasteiger partial charge in [0.15, 0.2) is 0 Å².